The third kappa shape index (κ3) is 4.90. The van der Waals surface area contributed by atoms with E-state index in [9.17, 15) is 8.78 Å². The van der Waals surface area contributed by atoms with Crippen LogP contribution in [-0.4, -0.2) is 6.61 Å². The van der Waals surface area contributed by atoms with E-state index in [2.05, 4.69) is 6.92 Å². The molecule has 1 rings (SSSR count). The van der Waals surface area contributed by atoms with Gasteiger partial charge in [-0.1, -0.05) is 32.6 Å². The highest BCUT2D eigenvalue weighted by atomic mass is 19.3. The molecule has 0 saturated carbocycles. The topological polar surface area (TPSA) is 35.2 Å². The Bertz CT molecular complexity index is 356. The van der Waals surface area contributed by atoms with E-state index in [0.717, 1.165) is 12.8 Å². The quantitative estimate of drug-likeness (QED) is 0.547. The summed E-state index contributed by atoms with van der Waals surface area (Å²) >= 11 is 0. The van der Waals surface area contributed by atoms with E-state index in [0.29, 0.717) is 12.3 Å². The van der Waals surface area contributed by atoms with Crippen LogP contribution in [0.25, 0.3) is 0 Å². The smallest absolute Gasteiger partial charge is 0.267 e. The first-order valence-corrected chi connectivity index (χ1v) is 6.45. The summed E-state index contributed by atoms with van der Waals surface area (Å²) in [5.74, 6) is 0.245. The summed E-state index contributed by atoms with van der Waals surface area (Å²) in [6.07, 6.45) is 2.99. The fourth-order valence-corrected chi connectivity index (χ4v) is 1.76. The lowest BCUT2D eigenvalue weighted by molar-refractivity contribution is 0.145. The molecule has 0 fully saturated rings. The highest BCUT2D eigenvalue weighted by Crippen LogP contribution is 2.30. The predicted molar refractivity (Wildman–Crippen MR) is 70.1 cm³/mol. The van der Waals surface area contributed by atoms with Gasteiger partial charge in [-0.3, -0.25) is 0 Å². The molecule has 0 atom stereocenters. The van der Waals surface area contributed by atoms with Crippen LogP contribution in [0.4, 0.5) is 14.5 Å². The summed E-state index contributed by atoms with van der Waals surface area (Å²) in [6.45, 7) is 2.63. The minimum absolute atomic E-state index is 0.122. The third-order valence-corrected chi connectivity index (χ3v) is 2.77. The van der Waals surface area contributed by atoms with Crippen molar-refractivity contribution in [3.63, 3.8) is 0 Å². The molecule has 0 aliphatic rings. The third-order valence-electron chi connectivity index (χ3n) is 2.77. The molecule has 0 unspecified atom stereocenters. The van der Waals surface area contributed by atoms with Crippen LogP contribution >= 0.6 is 0 Å². The van der Waals surface area contributed by atoms with Crippen molar-refractivity contribution in [2.75, 3.05) is 12.3 Å². The van der Waals surface area contributed by atoms with Crippen molar-refractivity contribution in [2.24, 2.45) is 0 Å². The second kappa shape index (κ2) is 7.90. The molecule has 0 bridgehead atoms. The number of benzene rings is 1. The first-order valence-electron chi connectivity index (χ1n) is 6.45. The van der Waals surface area contributed by atoms with Crippen molar-refractivity contribution in [2.45, 2.75) is 45.5 Å². The van der Waals surface area contributed by atoms with Crippen LogP contribution < -0.4 is 10.5 Å². The number of anilines is 1. The molecule has 2 N–H and O–H groups in total. The van der Waals surface area contributed by atoms with E-state index < -0.39 is 6.43 Å². The Hall–Kier alpha value is -1.32. The van der Waals surface area contributed by atoms with Crippen molar-refractivity contribution >= 4 is 5.69 Å². The van der Waals surface area contributed by atoms with E-state index in [-0.39, 0.29) is 11.3 Å². The van der Waals surface area contributed by atoms with Gasteiger partial charge in [0.1, 0.15) is 5.75 Å². The largest absolute Gasteiger partial charge is 0.493 e. The lowest BCUT2D eigenvalue weighted by Crippen LogP contribution is -2.01. The lowest BCUT2D eigenvalue weighted by Gasteiger charge is -2.11. The summed E-state index contributed by atoms with van der Waals surface area (Å²) in [7, 11) is 0. The summed E-state index contributed by atoms with van der Waals surface area (Å²) in [6, 6.07) is 4.37. The Morgan fingerprint density at radius 3 is 2.56 bits per heavy atom. The molecule has 0 aliphatic heterocycles. The number of ether oxygens (including phenoxy) is 1. The van der Waals surface area contributed by atoms with E-state index in [4.69, 9.17) is 10.5 Å². The number of hydrogen-bond donors (Lipinski definition) is 1. The lowest BCUT2D eigenvalue weighted by atomic mass is 10.1. The maximum absolute atomic E-state index is 12.7. The molecule has 2 nitrogen and oxygen atoms in total. The van der Waals surface area contributed by atoms with Gasteiger partial charge in [-0.25, -0.2) is 8.78 Å². The zero-order valence-corrected chi connectivity index (χ0v) is 10.8. The molecule has 0 heterocycles. The van der Waals surface area contributed by atoms with Gasteiger partial charge in [0.05, 0.1) is 12.2 Å². The number of hydrogen-bond acceptors (Lipinski definition) is 2. The molecule has 0 radical (unpaired) electrons. The molecule has 1 aromatic carbocycles. The number of halogens is 2. The van der Waals surface area contributed by atoms with E-state index in [1.165, 1.54) is 31.4 Å². The van der Waals surface area contributed by atoms with E-state index in [1.54, 1.807) is 6.07 Å². The van der Waals surface area contributed by atoms with Crippen molar-refractivity contribution in [3.8, 4) is 5.75 Å². The van der Waals surface area contributed by atoms with Crippen molar-refractivity contribution in [3.05, 3.63) is 23.8 Å². The highest BCUT2D eigenvalue weighted by Gasteiger charge is 2.14. The fourth-order valence-electron chi connectivity index (χ4n) is 1.76. The second-order valence-electron chi connectivity index (χ2n) is 4.36. The monoisotopic (exact) mass is 257 g/mol. The van der Waals surface area contributed by atoms with Crippen molar-refractivity contribution in [1.82, 2.24) is 0 Å². The van der Waals surface area contributed by atoms with Gasteiger partial charge in [-0.2, -0.15) is 0 Å². The fraction of sp³-hybridized carbons (Fsp3) is 0.571. The Morgan fingerprint density at radius 1 is 1.17 bits per heavy atom. The summed E-state index contributed by atoms with van der Waals surface area (Å²) in [5, 5.41) is 0. The van der Waals surface area contributed by atoms with Crippen LogP contribution in [0.5, 0.6) is 5.75 Å². The van der Waals surface area contributed by atoms with Crippen LogP contribution in [0.1, 0.15) is 51.0 Å². The molecule has 1 aromatic rings. The van der Waals surface area contributed by atoms with Crippen LogP contribution in [0.2, 0.25) is 0 Å². The van der Waals surface area contributed by atoms with Gasteiger partial charge in [-0.05, 0) is 24.6 Å². The van der Waals surface area contributed by atoms with Crippen LogP contribution in [0.3, 0.4) is 0 Å². The Kier molecular flexibility index (Phi) is 6.47. The van der Waals surface area contributed by atoms with Gasteiger partial charge in [0.25, 0.3) is 6.43 Å². The molecular formula is C14H21F2NO. The van der Waals surface area contributed by atoms with E-state index in [1.807, 2.05) is 0 Å². The number of alkyl halides is 2. The zero-order chi connectivity index (χ0) is 13.4. The molecule has 0 aliphatic carbocycles. The molecule has 102 valence electrons. The van der Waals surface area contributed by atoms with Gasteiger partial charge >= 0.3 is 0 Å². The highest BCUT2D eigenvalue weighted by molar-refractivity contribution is 5.48. The molecule has 0 saturated heterocycles. The first kappa shape index (κ1) is 14.7. The molecule has 0 amide bonds. The minimum Gasteiger partial charge on any atom is -0.493 e. The molecule has 0 aromatic heterocycles. The summed E-state index contributed by atoms with van der Waals surface area (Å²) in [5.41, 5.74) is 5.70. The molecule has 18 heavy (non-hydrogen) atoms. The normalized spacial score (nSPS) is 10.9. The summed E-state index contributed by atoms with van der Waals surface area (Å²) in [4.78, 5) is 0. The number of unbranched alkanes of at least 4 members (excludes halogenated alkanes) is 4. The Balaban J connectivity index is 2.42. The van der Waals surface area contributed by atoms with Crippen LogP contribution in [-0.2, 0) is 0 Å². The standard InChI is InChI=1S/C14H21F2NO/c1-2-3-4-5-6-9-18-13-8-7-11(17)10-12(13)14(15)16/h7-8,10,14H,2-6,9,17H2,1H3. The molecule has 4 heteroatoms. The minimum atomic E-state index is -2.55. The first-order chi connectivity index (χ1) is 8.65. The molecule has 0 spiro atoms. The van der Waals surface area contributed by atoms with Gasteiger partial charge in [0.2, 0.25) is 0 Å². The number of rotatable bonds is 8. The van der Waals surface area contributed by atoms with E-state index >= 15 is 0 Å². The zero-order valence-electron chi connectivity index (χ0n) is 10.8. The second-order valence-corrected chi connectivity index (χ2v) is 4.36. The van der Waals surface area contributed by atoms with Gasteiger partial charge in [-0.15, -0.1) is 0 Å². The molecular weight excluding hydrogens is 236 g/mol. The van der Waals surface area contributed by atoms with Gasteiger partial charge in [0.15, 0.2) is 0 Å². The van der Waals surface area contributed by atoms with Crippen molar-refractivity contribution < 1.29 is 13.5 Å². The average Bonchev–Trinajstić information content (AvgIpc) is 2.35. The summed E-state index contributed by atoms with van der Waals surface area (Å²) < 4.78 is 30.9. The number of nitrogens with two attached hydrogens (primary N) is 1. The average molecular weight is 257 g/mol. The van der Waals surface area contributed by atoms with Crippen LogP contribution in [0, 0.1) is 0 Å². The van der Waals surface area contributed by atoms with Gasteiger partial charge < -0.3 is 10.5 Å². The number of nitrogen functional groups attached to an aromatic ring is 1. The van der Waals surface area contributed by atoms with Crippen molar-refractivity contribution in [1.29, 1.82) is 0 Å². The SMILES string of the molecule is CCCCCCCOc1ccc(N)cc1C(F)F. The Morgan fingerprint density at radius 2 is 1.89 bits per heavy atom. The van der Waals surface area contributed by atoms with Gasteiger partial charge in [0, 0.05) is 5.69 Å². The Labute approximate surface area is 107 Å². The maximum atomic E-state index is 12.7. The van der Waals surface area contributed by atoms with Crippen LogP contribution in [0.15, 0.2) is 18.2 Å². The maximum Gasteiger partial charge on any atom is 0.267 e. The predicted octanol–water partition coefficient (Wildman–Crippen LogP) is 4.56.